The largest absolute Gasteiger partial charge is 0.497 e. The number of fused-ring (bicyclic) bond motifs is 1. The fourth-order valence-electron chi connectivity index (χ4n) is 3.50. The Kier molecular flexibility index (Phi) is 4.58. The van der Waals surface area contributed by atoms with Crippen LogP contribution in [-0.4, -0.2) is 28.5 Å². The maximum Gasteiger partial charge on any atom is 0.241 e. The highest BCUT2D eigenvalue weighted by molar-refractivity contribution is 5.43. The molecule has 0 unspecified atom stereocenters. The van der Waals surface area contributed by atoms with Crippen LogP contribution in [0.2, 0.25) is 0 Å². The lowest BCUT2D eigenvalue weighted by Gasteiger charge is -2.31. The molecule has 0 radical (unpaired) electrons. The highest BCUT2D eigenvalue weighted by Gasteiger charge is 2.31. The summed E-state index contributed by atoms with van der Waals surface area (Å²) in [5.74, 6) is 2.63. The molecule has 0 amide bonds. The van der Waals surface area contributed by atoms with Crippen molar-refractivity contribution in [1.82, 2.24) is 14.8 Å². The first-order chi connectivity index (χ1) is 13.2. The van der Waals surface area contributed by atoms with Gasteiger partial charge in [-0.05, 0) is 48.7 Å². The Hall–Kier alpha value is -3.22. The van der Waals surface area contributed by atoms with Crippen LogP contribution in [0.15, 0.2) is 48.5 Å². The van der Waals surface area contributed by atoms with Crippen molar-refractivity contribution in [2.75, 3.05) is 24.8 Å². The lowest BCUT2D eigenvalue weighted by atomic mass is 9.93. The highest BCUT2D eigenvalue weighted by Crippen LogP contribution is 2.38. The summed E-state index contributed by atoms with van der Waals surface area (Å²) in [7, 11) is 1.67. The molecule has 0 aliphatic carbocycles. The number of rotatable bonds is 5. The van der Waals surface area contributed by atoms with Gasteiger partial charge in [0.2, 0.25) is 11.9 Å². The number of anilines is 2. The predicted molar refractivity (Wildman–Crippen MR) is 104 cm³/mol. The molecule has 1 aliphatic rings. The number of nitrogen functional groups attached to an aromatic ring is 1. The van der Waals surface area contributed by atoms with Crippen molar-refractivity contribution in [2.24, 2.45) is 0 Å². The molecule has 0 saturated carbocycles. The summed E-state index contributed by atoms with van der Waals surface area (Å²) in [5.41, 5.74) is 8.14. The van der Waals surface area contributed by atoms with Crippen LogP contribution in [0.1, 0.15) is 36.6 Å². The van der Waals surface area contributed by atoms with Crippen LogP contribution in [-0.2, 0) is 0 Å². The molecule has 2 heterocycles. The Balaban J connectivity index is 1.69. The minimum atomic E-state index is 0.0259. The molecule has 7 nitrogen and oxygen atoms in total. The van der Waals surface area contributed by atoms with Crippen molar-refractivity contribution in [1.29, 1.82) is 0 Å². The Morgan fingerprint density at radius 3 is 2.70 bits per heavy atom. The summed E-state index contributed by atoms with van der Waals surface area (Å²) in [5, 5.41) is 7.84. The molecule has 140 valence electrons. The zero-order valence-electron chi connectivity index (χ0n) is 15.4. The van der Waals surface area contributed by atoms with E-state index in [0.29, 0.717) is 12.6 Å². The van der Waals surface area contributed by atoms with E-state index in [4.69, 9.17) is 15.2 Å². The molecule has 0 bridgehead atoms. The molecule has 1 aromatic heterocycles. The number of benzene rings is 2. The number of aromatic nitrogens is 3. The number of hydrogen-bond donors (Lipinski definition) is 2. The van der Waals surface area contributed by atoms with Gasteiger partial charge < -0.3 is 20.5 Å². The topological polar surface area (TPSA) is 87.2 Å². The van der Waals surface area contributed by atoms with Crippen LogP contribution in [0.4, 0.5) is 11.9 Å². The minimum Gasteiger partial charge on any atom is -0.497 e. The standard InChI is InChI=1S/C20H23N5O2/c1-3-27-15-9-7-13(8-10-15)18-12-17(14-5-4-6-16(11-14)26-2)22-20-23-19(21)24-25(18)20/h4-11,17-18H,3,12H2,1-2H3,(H3,21,22,23,24)/t17-,18-/m1/s1. The second kappa shape index (κ2) is 7.19. The number of hydrogen-bond acceptors (Lipinski definition) is 6. The lowest BCUT2D eigenvalue weighted by molar-refractivity contribution is 0.340. The van der Waals surface area contributed by atoms with Gasteiger partial charge in [-0.3, -0.25) is 0 Å². The van der Waals surface area contributed by atoms with Gasteiger partial charge in [0.25, 0.3) is 0 Å². The molecule has 4 rings (SSSR count). The Labute approximate surface area is 158 Å². The van der Waals surface area contributed by atoms with Crippen LogP contribution < -0.4 is 20.5 Å². The van der Waals surface area contributed by atoms with Gasteiger partial charge in [0.05, 0.1) is 25.8 Å². The number of ether oxygens (including phenoxy) is 2. The molecule has 2 atom stereocenters. The van der Waals surface area contributed by atoms with E-state index in [-0.39, 0.29) is 18.0 Å². The molecule has 7 heteroatoms. The van der Waals surface area contributed by atoms with Gasteiger partial charge in [-0.25, -0.2) is 4.68 Å². The Bertz CT molecular complexity index is 922. The van der Waals surface area contributed by atoms with Crippen LogP contribution in [0.25, 0.3) is 0 Å². The van der Waals surface area contributed by atoms with Crippen molar-refractivity contribution >= 4 is 11.9 Å². The summed E-state index contributed by atoms with van der Waals surface area (Å²) < 4.78 is 12.8. The molecule has 0 saturated heterocycles. The molecular formula is C20H23N5O2. The Morgan fingerprint density at radius 1 is 1.15 bits per heavy atom. The van der Waals surface area contributed by atoms with Crippen LogP contribution in [0.5, 0.6) is 11.5 Å². The average molecular weight is 365 g/mol. The number of nitrogens with zero attached hydrogens (tertiary/aromatic N) is 3. The summed E-state index contributed by atoms with van der Waals surface area (Å²) in [6.07, 6.45) is 0.816. The van der Waals surface area contributed by atoms with E-state index in [1.165, 1.54) is 0 Å². The fourth-order valence-corrected chi connectivity index (χ4v) is 3.50. The molecule has 27 heavy (non-hydrogen) atoms. The zero-order chi connectivity index (χ0) is 18.8. The maximum absolute atomic E-state index is 5.87. The Morgan fingerprint density at radius 2 is 1.96 bits per heavy atom. The maximum atomic E-state index is 5.87. The highest BCUT2D eigenvalue weighted by atomic mass is 16.5. The molecule has 0 fully saturated rings. The van der Waals surface area contributed by atoms with Crippen LogP contribution in [0, 0.1) is 0 Å². The fraction of sp³-hybridized carbons (Fsp3) is 0.300. The van der Waals surface area contributed by atoms with Gasteiger partial charge in [-0.15, -0.1) is 5.10 Å². The monoisotopic (exact) mass is 365 g/mol. The van der Waals surface area contributed by atoms with Gasteiger partial charge in [0.15, 0.2) is 0 Å². The lowest BCUT2D eigenvalue weighted by Crippen LogP contribution is -2.28. The van der Waals surface area contributed by atoms with E-state index >= 15 is 0 Å². The third-order valence-electron chi connectivity index (χ3n) is 4.78. The molecule has 2 aromatic carbocycles. The SMILES string of the molecule is CCOc1ccc([C@H]2C[C@H](c3cccc(OC)c3)Nc3nc(N)nn32)cc1. The van der Waals surface area contributed by atoms with E-state index < -0.39 is 0 Å². The quantitative estimate of drug-likeness (QED) is 0.720. The minimum absolute atomic E-state index is 0.0259. The predicted octanol–water partition coefficient (Wildman–Crippen LogP) is 3.41. The van der Waals surface area contributed by atoms with E-state index in [0.717, 1.165) is 29.0 Å². The van der Waals surface area contributed by atoms with Gasteiger partial charge >= 0.3 is 0 Å². The second-order valence-corrected chi connectivity index (χ2v) is 6.47. The summed E-state index contributed by atoms with van der Waals surface area (Å²) in [4.78, 5) is 4.35. The van der Waals surface area contributed by atoms with Crippen molar-refractivity contribution in [3.8, 4) is 11.5 Å². The molecule has 3 aromatic rings. The first-order valence-corrected chi connectivity index (χ1v) is 9.03. The smallest absolute Gasteiger partial charge is 0.241 e. The third kappa shape index (κ3) is 3.40. The van der Waals surface area contributed by atoms with Crippen LogP contribution in [0.3, 0.4) is 0 Å². The van der Waals surface area contributed by atoms with Crippen LogP contribution >= 0.6 is 0 Å². The second-order valence-electron chi connectivity index (χ2n) is 6.47. The van der Waals surface area contributed by atoms with E-state index in [1.54, 1.807) is 7.11 Å². The van der Waals surface area contributed by atoms with Gasteiger partial charge in [0.1, 0.15) is 11.5 Å². The molecule has 3 N–H and O–H groups in total. The number of nitrogens with two attached hydrogens (primary N) is 1. The normalized spacial score (nSPS) is 18.4. The third-order valence-corrected chi connectivity index (χ3v) is 4.78. The molecule has 1 aliphatic heterocycles. The molecular weight excluding hydrogens is 342 g/mol. The van der Waals surface area contributed by atoms with E-state index in [1.807, 2.05) is 41.9 Å². The van der Waals surface area contributed by atoms with Crippen molar-refractivity contribution in [3.05, 3.63) is 59.7 Å². The number of nitrogens with one attached hydrogen (secondary N) is 1. The van der Waals surface area contributed by atoms with Gasteiger partial charge in [-0.1, -0.05) is 24.3 Å². The van der Waals surface area contributed by atoms with E-state index in [9.17, 15) is 0 Å². The molecule has 0 spiro atoms. The summed E-state index contributed by atoms with van der Waals surface area (Å²) in [6.45, 7) is 2.62. The first-order valence-electron chi connectivity index (χ1n) is 9.03. The van der Waals surface area contributed by atoms with Gasteiger partial charge in [-0.2, -0.15) is 4.98 Å². The number of methoxy groups -OCH3 is 1. The average Bonchev–Trinajstić information content (AvgIpc) is 3.08. The first kappa shape index (κ1) is 17.2. The zero-order valence-corrected chi connectivity index (χ0v) is 15.4. The van der Waals surface area contributed by atoms with Crippen molar-refractivity contribution in [3.63, 3.8) is 0 Å². The van der Waals surface area contributed by atoms with E-state index in [2.05, 4.69) is 33.6 Å². The van der Waals surface area contributed by atoms with Gasteiger partial charge in [0, 0.05) is 0 Å². The van der Waals surface area contributed by atoms with Crippen molar-refractivity contribution in [2.45, 2.75) is 25.4 Å². The summed E-state index contributed by atoms with van der Waals surface area (Å²) in [6, 6.07) is 16.3. The van der Waals surface area contributed by atoms with Crippen molar-refractivity contribution < 1.29 is 9.47 Å². The summed E-state index contributed by atoms with van der Waals surface area (Å²) >= 11 is 0.